The van der Waals surface area contributed by atoms with E-state index in [2.05, 4.69) is 17.3 Å². The third-order valence-corrected chi connectivity index (χ3v) is 7.45. The lowest BCUT2D eigenvalue weighted by Crippen LogP contribution is -2.43. The van der Waals surface area contributed by atoms with Crippen molar-refractivity contribution in [2.45, 2.75) is 45.8 Å². The number of para-hydroxylation sites is 1. The van der Waals surface area contributed by atoms with E-state index in [4.69, 9.17) is 0 Å². The van der Waals surface area contributed by atoms with Crippen LogP contribution in [0.2, 0.25) is 0 Å². The van der Waals surface area contributed by atoms with E-state index >= 15 is 0 Å². The molecule has 1 N–H and O–H groups in total. The average molecular weight is 403 g/mol. The molecule has 2 aromatic rings. The van der Waals surface area contributed by atoms with E-state index in [0.717, 1.165) is 29.1 Å². The smallest absolute Gasteiger partial charge is 0.257 e. The van der Waals surface area contributed by atoms with Gasteiger partial charge >= 0.3 is 0 Å². The minimum Gasteiger partial charge on any atom is -0.361 e. The minimum absolute atomic E-state index is 0.0104. The summed E-state index contributed by atoms with van der Waals surface area (Å²) in [6.45, 7) is 6.58. The number of carbonyl (C=O) groups is 1. The number of anilines is 1. The Kier molecular flexibility index (Phi) is 4.69. The summed E-state index contributed by atoms with van der Waals surface area (Å²) in [6.07, 6.45) is 1.12. The monoisotopic (exact) mass is 402 g/mol. The topological polar surface area (TPSA) is 84.3 Å². The molecular formula is C20H26N4O3S. The maximum Gasteiger partial charge on any atom is 0.257 e. The first-order valence-corrected chi connectivity index (χ1v) is 11.6. The van der Waals surface area contributed by atoms with Crippen LogP contribution in [0.25, 0.3) is 0 Å². The summed E-state index contributed by atoms with van der Waals surface area (Å²) in [7, 11) is -3.00. The highest BCUT2D eigenvalue weighted by Crippen LogP contribution is 2.37. The van der Waals surface area contributed by atoms with Crippen LogP contribution in [-0.2, 0) is 9.84 Å². The Morgan fingerprint density at radius 2 is 2.00 bits per heavy atom. The van der Waals surface area contributed by atoms with Crippen molar-refractivity contribution in [3.63, 3.8) is 0 Å². The van der Waals surface area contributed by atoms with Crippen molar-refractivity contribution in [1.29, 1.82) is 0 Å². The van der Waals surface area contributed by atoms with Gasteiger partial charge in [-0.2, -0.15) is 5.10 Å². The lowest BCUT2D eigenvalue weighted by atomic mass is 10.0. The molecule has 0 spiro atoms. The SMILES string of the molecule is CCCN1C(=O)c2ccccc2N[C@H]1c1c(C)nn([C@@H]2CCS(=O)(=O)C2)c1C. The summed E-state index contributed by atoms with van der Waals surface area (Å²) >= 11 is 0. The standard InChI is InChI=1S/C20H26N4O3S/c1-4-10-23-19(21-17-8-6-5-7-16(17)20(23)25)18-13(2)22-24(14(18)3)15-9-11-28(26,27)12-15/h5-8,15,19,21H,4,9-12H2,1-3H3/t15-,19-/m1/s1. The number of aromatic nitrogens is 2. The number of fused-ring (bicyclic) bond motifs is 1. The third kappa shape index (κ3) is 3.09. The van der Waals surface area contributed by atoms with Crippen LogP contribution in [0, 0.1) is 13.8 Å². The average Bonchev–Trinajstić information content (AvgIpc) is 3.16. The number of aryl methyl sites for hydroxylation is 1. The van der Waals surface area contributed by atoms with Gasteiger partial charge in [-0.1, -0.05) is 19.1 Å². The number of nitrogens with one attached hydrogen (secondary N) is 1. The van der Waals surface area contributed by atoms with E-state index in [1.165, 1.54) is 0 Å². The molecule has 0 saturated carbocycles. The molecule has 1 saturated heterocycles. The number of rotatable bonds is 4. The molecule has 0 bridgehead atoms. The van der Waals surface area contributed by atoms with Gasteiger partial charge in [-0.3, -0.25) is 9.48 Å². The van der Waals surface area contributed by atoms with Crippen molar-refractivity contribution in [2.75, 3.05) is 23.4 Å². The van der Waals surface area contributed by atoms with Gasteiger partial charge in [0.1, 0.15) is 6.17 Å². The number of carbonyl (C=O) groups excluding carboxylic acids is 1. The molecule has 2 atom stereocenters. The van der Waals surface area contributed by atoms with Gasteiger partial charge < -0.3 is 10.2 Å². The second-order valence-electron chi connectivity index (χ2n) is 7.68. The van der Waals surface area contributed by atoms with Crippen molar-refractivity contribution in [1.82, 2.24) is 14.7 Å². The van der Waals surface area contributed by atoms with E-state index in [9.17, 15) is 13.2 Å². The summed E-state index contributed by atoms with van der Waals surface area (Å²) in [6, 6.07) is 7.41. The first-order valence-electron chi connectivity index (χ1n) is 9.75. The molecule has 0 unspecified atom stereocenters. The fourth-order valence-electron chi connectivity index (χ4n) is 4.39. The Balaban J connectivity index is 1.76. The van der Waals surface area contributed by atoms with E-state index in [1.54, 1.807) is 0 Å². The molecule has 7 nitrogen and oxygen atoms in total. The van der Waals surface area contributed by atoms with Crippen molar-refractivity contribution in [3.8, 4) is 0 Å². The second-order valence-corrected chi connectivity index (χ2v) is 9.91. The first-order chi connectivity index (χ1) is 13.3. The highest BCUT2D eigenvalue weighted by atomic mass is 32.2. The van der Waals surface area contributed by atoms with Gasteiger partial charge in [-0.05, 0) is 38.8 Å². The van der Waals surface area contributed by atoms with Gasteiger partial charge in [0.25, 0.3) is 5.91 Å². The van der Waals surface area contributed by atoms with E-state index in [0.29, 0.717) is 18.5 Å². The van der Waals surface area contributed by atoms with Crippen molar-refractivity contribution in [3.05, 3.63) is 46.8 Å². The maximum absolute atomic E-state index is 13.1. The molecule has 2 aliphatic rings. The largest absolute Gasteiger partial charge is 0.361 e. The van der Waals surface area contributed by atoms with Crippen molar-refractivity contribution in [2.24, 2.45) is 0 Å². The van der Waals surface area contributed by atoms with E-state index in [1.807, 2.05) is 47.7 Å². The molecule has 8 heteroatoms. The molecule has 4 rings (SSSR count). The number of hydrogen-bond donors (Lipinski definition) is 1. The highest BCUT2D eigenvalue weighted by molar-refractivity contribution is 7.91. The predicted molar refractivity (Wildman–Crippen MR) is 108 cm³/mol. The van der Waals surface area contributed by atoms with Gasteiger partial charge in [0.2, 0.25) is 0 Å². The van der Waals surface area contributed by atoms with Crippen LogP contribution < -0.4 is 5.32 Å². The second kappa shape index (κ2) is 6.92. The molecule has 1 fully saturated rings. The highest BCUT2D eigenvalue weighted by Gasteiger charge is 2.37. The van der Waals surface area contributed by atoms with E-state index < -0.39 is 9.84 Å². The molecule has 1 aromatic heterocycles. The van der Waals surface area contributed by atoms with Crippen LogP contribution in [0.1, 0.15) is 59.3 Å². The lowest BCUT2D eigenvalue weighted by molar-refractivity contribution is 0.0682. The summed E-state index contributed by atoms with van der Waals surface area (Å²) in [5, 5.41) is 8.20. The van der Waals surface area contributed by atoms with Crippen LogP contribution in [0.15, 0.2) is 24.3 Å². The fourth-order valence-corrected chi connectivity index (χ4v) is 6.08. The molecule has 2 aliphatic heterocycles. The Bertz CT molecular complexity index is 1030. The van der Waals surface area contributed by atoms with Gasteiger partial charge in [0.05, 0.1) is 28.8 Å². The number of sulfone groups is 1. The zero-order valence-corrected chi connectivity index (χ0v) is 17.3. The molecule has 0 aliphatic carbocycles. The quantitative estimate of drug-likeness (QED) is 0.850. The summed E-state index contributed by atoms with van der Waals surface area (Å²) in [5.41, 5.74) is 4.20. The van der Waals surface area contributed by atoms with Gasteiger partial charge in [0.15, 0.2) is 9.84 Å². The Morgan fingerprint density at radius 1 is 1.25 bits per heavy atom. The number of nitrogens with zero attached hydrogens (tertiary/aromatic N) is 3. The number of benzene rings is 1. The molecule has 1 aromatic carbocycles. The predicted octanol–water partition coefficient (Wildman–Crippen LogP) is 2.84. The molecular weight excluding hydrogens is 376 g/mol. The lowest BCUT2D eigenvalue weighted by Gasteiger charge is -2.38. The van der Waals surface area contributed by atoms with Crippen LogP contribution in [-0.4, -0.2) is 47.1 Å². The number of hydrogen-bond acceptors (Lipinski definition) is 5. The Morgan fingerprint density at radius 3 is 2.68 bits per heavy atom. The van der Waals surface area contributed by atoms with Crippen LogP contribution in [0.4, 0.5) is 5.69 Å². The zero-order chi connectivity index (χ0) is 20.1. The van der Waals surface area contributed by atoms with Crippen molar-refractivity contribution < 1.29 is 13.2 Å². The summed E-state index contributed by atoms with van der Waals surface area (Å²) in [4.78, 5) is 15.0. The molecule has 28 heavy (non-hydrogen) atoms. The normalized spacial score (nSPS) is 23.5. The summed E-state index contributed by atoms with van der Waals surface area (Å²) < 4.78 is 25.7. The van der Waals surface area contributed by atoms with Gasteiger partial charge in [-0.15, -0.1) is 0 Å². The maximum atomic E-state index is 13.1. The van der Waals surface area contributed by atoms with E-state index in [-0.39, 0.29) is 29.6 Å². The number of amides is 1. The fraction of sp³-hybridized carbons (Fsp3) is 0.500. The first kappa shape index (κ1) is 19.0. The van der Waals surface area contributed by atoms with Gasteiger partial charge in [-0.25, -0.2) is 8.42 Å². The third-order valence-electron chi connectivity index (χ3n) is 5.70. The molecule has 0 radical (unpaired) electrons. The Labute approximate surface area is 165 Å². The minimum atomic E-state index is -3.00. The molecule has 150 valence electrons. The molecule has 1 amide bonds. The van der Waals surface area contributed by atoms with Crippen LogP contribution in [0.5, 0.6) is 0 Å². The Hall–Kier alpha value is -2.35. The summed E-state index contributed by atoms with van der Waals surface area (Å²) in [5.74, 6) is 0.351. The van der Waals surface area contributed by atoms with Crippen molar-refractivity contribution >= 4 is 21.4 Å². The van der Waals surface area contributed by atoms with Crippen LogP contribution in [0.3, 0.4) is 0 Å². The zero-order valence-electron chi connectivity index (χ0n) is 16.5. The van der Waals surface area contributed by atoms with Crippen LogP contribution >= 0.6 is 0 Å². The molecule has 3 heterocycles. The van der Waals surface area contributed by atoms with Gasteiger partial charge in [0, 0.05) is 23.5 Å².